The summed E-state index contributed by atoms with van der Waals surface area (Å²) in [5.74, 6) is 0.293. The molecule has 0 atom stereocenters. The molecule has 1 aliphatic rings. The zero-order valence-electron chi connectivity index (χ0n) is 15.9. The lowest BCUT2D eigenvalue weighted by molar-refractivity contribution is -0.126. The molecule has 6 heteroatoms. The molecule has 2 heterocycles. The van der Waals surface area contributed by atoms with E-state index in [0.717, 1.165) is 11.3 Å². The summed E-state index contributed by atoms with van der Waals surface area (Å²) in [5, 5.41) is 2.90. The van der Waals surface area contributed by atoms with Crippen LogP contribution in [0.3, 0.4) is 0 Å². The van der Waals surface area contributed by atoms with Gasteiger partial charge in [0.05, 0.1) is 12.1 Å². The number of nitrogens with one attached hydrogen (secondary N) is 1. The summed E-state index contributed by atoms with van der Waals surface area (Å²) < 4.78 is 1.91. The molecule has 6 nitrogen and oxygen atoms in total. The average Bonchev–Trinajstić information content (AvgIpc) is 3.12. The molecular weight excluding hydrogens is 352 g/mol. The molecule has 0 unspecified atom stereocenters. The predicted molar refractivity (Wildman–Crippen MR) is 107 cm³/mol. The Balaban J connectivity index is 1.75. The monoisotopic (exact) mass is 374 g/mol. The van der Waals surface area contributed by atoms with Crippen LogP contribution in [0.1, 0.15) is 24.3 Å². The van der Waals surface area contributed by atoms with E-state index in [1.807, 2.05) is 79.1 Å². The molecular formula is C22H22N4O2. The van der Waals surface area contributed by atoms with Gasteiger partial charge in [-0.25, -0.2) is 4.98 Å². The van der Waals surface area contributed by atoms with E-state index in [2.05, 4.69) is 10.3 Å². The van der Waals surface area contributed by atoms with Crippen LogP contribution in [0.4, 0.5) is 0 Å². The summed E-state index contributed by atoms with van der Waals surface area (Å²) in [6, 6.07) is 19.5. The molecule has 3 aromatic rings. The van der Waals surface area contributed by atoms with Crippen LogP contribution >= 0.6 is 0 Å². The number of rotatable bonds is 3. The zero-order valence-corrected chi connectivity index (χ0v) is 15.9. The van der Waals surface area contributed by atoms with Crippen molar-refractivity contribution in [1.82, 2.24) is 19.8 Å². The topological polar surface area (TPSA) is 67.2 Å². The number of para-hydroxylation sites is 1. The Hall–Kier alpha value is -3.41. The zero-order chi connectivity index (χ0) is 19.7. The largest absolute Gasteiger partial charge is 0.348 e. The van der Waals surface area contributed by atoms with Gasteiger partial charge in [0.25, 0.3) is 5.91 Å². The van der Waals surface area contributed by atoms with Gasteiger partial charge in [0.15, 0.2) is 0 Å². The van der Waals surface area contributed by atoms with E-state index >= 15 is 0 Å². The molecule has 1 fully saturated rings. The molecule has 1 saturated heterocycles. The maximum Gasteiger partial charge on any atom is 0.274 e. The third-order valence-corrected chi connectivity index (χ3v) is 4.68. The molecule has 0 spiro atoms. The van der Waals surface area contributed by atoms with Gasteiger partial charge in [-0.3, -0.25) is 14.2 Å². The van der Waals surface area contributed by atoms with Crippen molar-refractivity contribution in [3.8, 4) is 17.1 Å². The summed E-state index contributed by atoms with van der Waals surface area (Å²) in [4.78, 5) is 31.3. The van der Waals surface area contributed by atoms with E-state index in [0.29, 0.717) is 18.1 Å². The number of amides is 2. The second-order valence-corrected chi connectivity index (χ2v) is 7.61. The van der Waals surface area contributed by atoms with E-state index in [1.165, 1.54) is 0 Å². The van der Waals surface area contributed by atoms with Crippen molar-refractivity contribution >= 4 is 11.8 Å². The predicted octanol–water partition coefficient (Wildman–Crippen LogP) is 2.89. The lowest BCUT2D eigenvalue weighted by atomic mass is 10.0. The second kappa shape index (κ2) is 6.96. The molecule has 2 amide bonds. The number of hydrogen-bond donors (Lipinski definition) is 1. The van der Waals surface area contributed by atoms with Gasteiger partial charge in [0, 0.05) is 24.0 Å². The Morgan fingerprint density at radius 2 is 1.68 bits per heavy atom. The highest BCUT2D eigenvalue weighted by atomic mass is 16.2. The first kappa shape index (κ1) is 18.0. The van der Waals surface area contributed by atoms with E-state index in [4.69, 9.17) is 0 Å². The van der Waals surface area contributed by atoms with Crippen molar-refractivity contribution in [2.75, 3.05) is 13.1 Å². The summed E-state index contributed by atoms with van der Waals surface area (Å²) in [6.45, 7) is 4.29. The molecule has 28 heavy (non-hydrogen) atoms. The van der Waals surface area contributed by atoms with Crippen molar-refractivity contribution in [3.63, 3.8) is 0 Å². The Bertz CT molecular complexity index is 953. The van der Waals surface area contributed by atoms with Gasteiger partial charge in [-0.1, -0.05) is 48.5 Å². The Morgan fingerprint density at radius 1 is 1.04 bits per heavy atom. The molecule has 0 aliphatic carbocycles. The summed E-state index contributed by atoms with van der Waals surface area (Å²) in [7, 11) is 0. The van der Waals surface area contributed by atoms with Gasteiger partial charge >= 0.3 is 0 Å². The molecule has 1 aromatic heterocycles. The number of nitrogens with zero attached hydrogens (tertiary/aromatic N) is 3. The van der Waals surface area contributed by atoms with Gasteiger partial charge in [-0.2, -0.15) is 0 Å². The molecule has 0 bridgehead atoms. The quantitative estimate of drug-likeness (QED) is 0.767. The lowest BCUT2D eigenvalue weighted by Crippen LogP contribution is -2.61. The molecule has 0 saturated carbocycles. The maximum atomic E-state index is 13.1. The molecule has 1 aliphatic heterocycles. The first-order valence-electron chi connectivity index (χ1n) is 9.23. The van der Waals surface area contributed by atoms with E-state index < -0.39 is 5.54 Å². The number of carbonyl (C=O) groups excluding carboxylic acids is 2. The van der Waals surface area contributed by atoms with Crippen LogP contribution < -0.4 is 5.32 Å². The third-order valence-electron chi connectivity index (χ3n) is 4.68. The number of hydrogen-bond acceptors (Lipinski definition) is 3. The van der Waals surface area contributed by atoms with Gasteiger partial charge < -0.3 is 10.2 Å². The maximum absolute atomic E-state index is 13.1. The van der Waals surface area contributed by atoms with Crippen LogP contribution in [-0.2, 0) is 4.79 Å². The number of piperazine rings is 1. The molecule has 0 radical (unpaired) electrons. The van der Waals surface area contributed by atoms with Crippen LogP contribution in [0, 0.1) is 0 Å². The smallest absolute Gasteiger partial charge is 0.274 e. The van der Waals surface area contributed by atoms with Crippen molar-refractivity contribution in [3.05, 3.63) is 72.6 Å². The fraction of sp³-hybridized carbons (Fsp3) is 0.227. The first-order valence-corrected chi connectivity index (χ1v) is 9.23. The van der Waals surface area contributed by atoms with Gasteiger partial charge in [-0.05, 0) is 26.0 Å². The minimum absolute atomic E-state index is 0.0428. The van der Waals surface area contributed by atoms with Gasteiger partial charge in [0.2, 0.25) is 5.91 Å². The van der Waals surface area contributed by atoms with E-state index in [1.54, 1.807) is 11.1 Å². The van der Waals surface area contributed by atoms with Crippen LogP contribution in [-0.4, -0.2) is 44.9 Å². The second-order valence-electron chi connectivity index (χ2n) is 7.61. The van der Waals surface area contributed by atoms with Crippen molar-refractivity contribution < 1.29 is 9.59 Å². The van der Waals surface area contributed by atoms with E-state index in [9.17, 15) is 9.59 Å². The lowest BCUT2D eigenvalue weighted by Gasteiger charge is -2.38. The number of benzene rings is 2. The van der Waals surface area contributed by atoms with Gasteiger partial charge in [-0.15, -0.1) is 0 Å². The summed E-state index contributed by atoms with van der Waals surface area (Å²) in [5.41, 5.74) is 1.70. The standard InChI is InChI=1S/C22H22N4O2/c1-22(2)15-25(14-19(27)24-22)21(28)18-13-26(17-11-7-4-8-12-17)20(23-18)16-9-5-3-6-10-16/h3-13H,14-15H2,1-2H3,(H,24,27). The molecule has 1 N–H and O–H groups in total. The highest BCUT2D eigenvalue weighted by Crippen LogP contribution is 2.24. The Kier molecular flexibility index (Phi) is 4.47. The fourth-order valence-corrected chi connectivity index (χ4v) is 3.53. The minimum atomic E-state index is -0.463. The third kappa shape index (κ3) is 3.53. The number of imidazole rings is 1. The van der Waals surface area contributed by atoms with Crippen LogP contribution in [0.2, 0.25) is 0 Å². The van der Waals surface area contributed by atoms with Crippen molar-refractivity contribution in [2.24, 2.45) is 0 Å². The van der Waals surface area contributed by atoms with Crippen LogP contribution in [0.25, 0.3) is 17.1 Å². The minimum Gasteiger partial charge on any atom is -0.348 e. The Morgan fingerprint density at radius 3 is 2.32 bits per heavy atom. The van der Waals surface area contributed by atoms with Crippen LogP contribution in [0.5, 0.6) is 0 Å². The highest BCUT2D eigenvalue weighted by molar-refractivity contribution is 5.96. The first-order chi connectivity index (χ1) is 13.4. The number of carbonyl (C=O) groups is 2. The van der Waals surface area contributed by atoms with Crippen molar-refractivity contribution in [2.45, 2.75) is 19.4 Å². The highest BCUT2D eigenvalue weighted by Gasteiger charge is 2.34. The molecule has 142 valence electrons. The van der Waals surface area contributed by atoms with Gasteiger partial charge in [0.1, 0.15) is 11.5 Å². The normalized spacial score (nSPS) is 15.9. The van der Waals surface area contributed by atoms with Crippen molar-refractivity contribution in [1.29, 1.82) is 0 Å². The number of aromatic nitrogens is 2. The summed E-state index contributed by atoms with van der Waals surface area (Å²) >= 11 is 0. The molecule has 4 rings (SSSR count). The SMILES string of the molecule is CC1(C)CN(C(=O)c2cn(-c3ccccc3)c(-c3ccccc3)n2)CC(=O)N1. The average molecular weight is 374 g/mol. The molecule has 2 aromatic carbocycles. The fourth-order valence-electron chi connectivity index (χ4n) is 3.53. The van der Waals surface area contributed by atoms with Crippen LogP contribution in [0.15, 0.2) is 66.9 Å². The Labute approximate surface area is 163 Å². The summed E-state index contributed by atoms with van der Waals surface area (Å²) in [6.07, 6.45) is 1.75. The van der Waals surface area contributed by atoms with E-state index in [-0.39, 0.29) is 18.4 Å².